The Morgan fingerprint density at radius 2 is 1.28 bits per heavy atom. The quantitative estimate of drug-likeness (QED) is 0.0547. The minimum absolute atomic E-state index is 0.0535. The largest absolute Gasteiger partial charge is 0.478 e. The van der Waals surface area contributed by atoms with Gasteiger partial charge in [0.1, 0.15) is 0 Å². The van der Waals surface area contributed by atoms with E-state index in [0.717, 1.165) is 82.7 Å². The van der Waals surface area contributed by atoms with E-state index < -0.39 is 18.6 Å². The number of hydrogen-bond acceptors (Lipinski definition) is 4. The molecule has 7 aromatic rings. The van der Waals surface area contributed by atoms with Crippen molar-refractivity contribution in [3.05, 3.63) is 167 Å². The van der Waals surface area contributed by atoms with Gasteiger partial charge in [0.05, 0.1) is 22.3 Å². The molecule has 0 unspecified atom stereocenters. The first kappa shape index (κ1) is 39.9. The van der Waals surface area contributed by atoms with E-state index in [9.17, 15) is 27.9 Å². The number of carbonyl (C=O) groups excluding carboxylic acids is 1. The van der Waals surface area contributed by atoms with E-state index in [0.29, 0.717) is 24.1 Å². The number of carboxylic acid groups (broad SMARTS) is 1. The number of ketones is 1. The number of carboxylic acids is 1. The second-order valence-electron chi connectivity index (χ2n) is 14.8. The third kappa shape index (κ3) is 9.98. The zero-order valence-corrected chi connectivity index (χ0v) is 32.2. The number of carbonyl (C=O) groups is 2. The molecule has 294 valence electrons. The van der Waals surface area contributed by atoms with Crippen LogP contribution in [0.1, 0.15) is 88.8 Å². The van der Waals surface area contributed by atoms with Crippen molar-refractivity contribution in [2.45, 2.75) is 70.5 Å². The van der Waals surface area contributed by atoms with Crippen molar-refractivity contribution in [3.8, 4) is 22.3 Å². The van der Waals surface area contributed by atoms with E-state index in [-0.39, 0.29) is 23.3 Å². The first-order valence-corrected chi connectivity index (χ1v) is 19.9. The lowest BCUT2D eigenvalue weighted by Crippen LogP contribution is -2.07. The summed E-state index contributed by atoms with van der Waals surface area (Å²) in [5.74, 6) is -1.40. The number of aryl methyl sites for hydroxylation is 1. The third-order valence-corrected chi connectivity index (χ3v) is 10.7. The molecular formula is C50H45F3N2O3. The Bertz CT molecular complexity index is 2530. The SMILES string of the molecule is O=C(c1ccc(-c2ccccc2CCCCCCCCCC(F)(F)F)c(C(=O)O)c1)c1ccc2nc3c(NCc4ccc(-c5ccccc5)cc4)cccc3cc2c1. The fraction of sp³-hybridized carbons (Fsp3) is 0.220. The Morgan fingerprint density at radius 1 is 0.603 bits per heavy atom. The molecule has 1 aromatic heterocycles. The van der Waals surface area contributed by atoms with Gasteiger partial charge in [-0.25, -0.2) is 9.78 Å². The van der Waals surface area contributed by atoms with Gasteiger partial charge in [0.2, 0.25) is 0 Å². The lowest BCUT2D eigenvalue weighted by Gasteiger charge is -2.14. The Labute approximate surface area is 336 Å². The van der Waals surface area contributed by atoms with Crippen molar-refractivity contribution in [3.63, 3.8) is 0 Å². The molecule has 0 bridgehead atoms. The lowest BCUT2D eigenvalue weighted by atomic mass is 9.90. The summed E-state index contributed by atoms with van der Waals surface area (Å²) < 4.78 is 37.1. The molecule has 0 fully saturated rings. The van der Waals surface area contributed by atoms with Gasteiger partial charge >= 0.3 is 12.1 Å². The summed E-state index contributed by atoms with van der Waals surface area (Å²) in [6.07, 6.45) is 1.14. The topological polar surface area (TPSA) is 79.3 Å². The molecule has 2 N–H and O–H groups in total. The van der Waals surface area contributed by atoms with E-state index in [1.807, 2.05) is 78.9 Å². The number of anilines is 1. The second-order valence-corrected chi connectivity index (χ2v) is 14.8. The van der Waals surface area contributed by atoms with Gasteiger partial charge < -0.3 is 10.4 Å². The molecule has 0 radical (unpaired) electrons. The van der Waals surface area contributed by atoms with E-state index in [2.05, 4.69) is 41.7 Å². The molecule has 1 heterocycles. The summed E-state index contributed by atoms with van der Waals surface area (Å²) >= 11 is 0. The Kier molecular flexibility index (Phi) is 12.6. The highest BCUT2D eigenvalue weighted by Gasteiger charge is 2.25. The summed E-state index contributed by atoms with van der Waals surface area (Å²) in [4.78, 5) is 31.5. The number of hydrogen-bond donors (Lipinski definition) is 2. The van der Waals surface area contributed by atoms with Gasteiger partial charge in [0, 0.05) is 34.9 Å². The predicted octanol–water partition coefficient (Wildman–Crippen LogP) is 13.5. The maximum absolute atomic E-state index is 13.9. The van der Waals surface area contributed by atoms with Crippen molar-refractivity contribution in [2.75, 3.05) is 5.32 Å². The number of nitrogens with zero attached hydrogens (tertiary/aromatic N) is 1. The minimum atomic E-state index is -4.08. The molecule has 5 nitrogen and oxygen atoms in total. The van der Waals surface area contributed by atoms with Gasteiger partial charge in [-0.05, 0) is 89.0 Å². The van der Waals surface area contributed by atoms with E-state index in [4.69, 9.17) is 4.98 Å². The number of unbranched alkanes of at least 4 members (excludes halogenated alkanes) is 6. The molecule has 0 atom stereocenters. The average Bonchev–Trinajstić information content (AvgIpc) is 3.24. The maximum Gasteiger partial charge on any atom is 0.389 e. The number of aromatic nitrogens is 1. The Balaban J connectivity index is 1.02. The number of rotatable bonds is 17. The molecule has 58 heavy (non-hydrogen) atoms. The van der Waals surface area contributed by atoms with Crippen molar-refractivity contribution in [1.82, 2.24) is 4.98 Å². The molecule has 0 aliphatic carbocycles. The smallest absolute Gasteiger partial charge is 0.389 e. The highest BCUT2D eigenvalue weighted by molar-refractivity contribution is 6.12. The third-order valence-electron chi connectivity index (χ3n) is 10.7. The van der Waals surface area contributed by atoms with Crippen LogP contribution in [0.15, 0.2) is 140 Å². The molecule has 7 rings (SSSR count). The molecule has 0 amide bonds. The van der Waals surface area contributed by atoms with Crippen LogP contribution in [0, 0.1) is 0 Å². The number of fused-ring (bicyclic) bond motifs is 2. The molecule has 8 heteroatoms. The maximum atomic E-state index is 13.9. The average molecular weight is 779 g/mol. The predicted molar refractivity (Wildman–Crippen MR) is 227 cm³/mol. The molecular weight excluding hydrogens is 734 g/mol. The first-order valence-electron chi connectivity index (χ1n) is 19.9. The van der Waals surface area contributed by atoms with Crippen LogP contribution < -0.4 is 5.32 Å². The van der Waals surface area contributed by atoms with Crippen LogP contribution in [0.4, 0.5) is 18.9 Å². The van der Waals surface area contributed by atoms with Crippen LogP contribution in [-0.2, 0) is 13.0 Å². The van der Waals surface area contributed by atoms with Crippen molar-refractivity contribution in [2.24, 2.45) is 0 Å². The normalized spacial score (nSPS) is 11.6. The fourth-order valence-electron chi connectivity index (χ4n) is 7.58. The zero-order chi connectivity index (χ0) is 40.5. The van der Waals surface area contributed by atoms with Crippen LogP contribution >= 0.6 is 0 Å². The van der Waals surface area contributed by atoms with E-state index in [1.165, 1.54) is 17.2 Å². The number of benzene rings is 6. The van der Waals surface area contributed by atoms with Crippen LogP contribution in [0.5, 0.6) is 0 Å². The molecule has 0 aliphatic heterocycles. The highest BCUT2D eigenvalue weighted by atomic mass is 19.4. The molecule has 0 saturated heterocycles. The number of aromatic carboxylic acids is 1. The van der Waals surface area contributed by atoms with E-state index in [1.54, 1.807) is 18.2 Å². The van der Waals surface area contributed by atoms with Gasteiger partial charge in [-0.15, -0.1) is 0 Å². The number of alkyl halides is 3. The van der Waals surface area contributed by atoms with Gasteiger partial charge in [0.15, 0.2) is 5.78 Å². The van der Waals surface area contributed by atoms with Crippen molar-refractivity contribution < 1.29 is 27.9 Å². The number of pyridine rings is 1. The van der Waals surface area contributed by atoms with Crippen molar-refractivity contribution >= 4 is 39.2 Å². The van der Waals surface area contributed by atoms with Gasteiger partial charge in [-0.1, -0.05) is 135 Å². The van der Waals surface area contributed by atoms with Gasteiger partial charge in [-0.3, -0.25) is 4.79 Å². The molecule has 0 saturated carbocycles. The van der Waals surface area contributed by atoms with Gasteiger partial charge in [-0.2, -0.15) is 13.2 Å². The second kappa shape index (κ2) is 18.3. The molecule has 6 aromatic carbocycles. The van der Waals surface area contributed by atoms with Crippen LogP contribution in [0.3, 0.4) is 0 Å². The number of halogens is 3. The molecule has 0 aliphatic rings. The summed E-state index contributed by atoms with van der Waals surface area (Å²) in [6.45, 7) is 0.630. The van der Waals surface area contributed by atoms with Gasteiger partial charge in [0.25, 0.3) is 0 Å². The fourth-order valence-corrected chi connectivity index (χ4v) is 7.58. The summed E-state index contributed by atoms with van der Waals surface area (Å²) in [6, 6.07) is 44.8. The van der Waals surface area contributed by atoms with Crippen LogP contribution in [0.2, 0.25) is 0 Å². The lowest BCUT2D eigenvalue weighted by molar-refractivity contribution is -0.135. The standard InChI is InChI=1S/C50H45F3N2O3/c51-50(52,53)29-12-5-3-1-2-4-7-16-37-17-10-11-19-42(37)43-27-25-40(32-44(43)49(57)58)48(56)39-26-28-45-41(31-39)30-38-18-13-20-46(47(38)55-45)54-33-34-21-23-36(24-22-34)35-14-8-6-9-15-35/h6,8-11,13-15,17-28,30-32,54H,1-5,7,12,16,29,33H2,(H,57,58). The summed E-state index contributed by atoms with van der Waals surface area (Å²) in [5.41, 5.74) is 9.11. The van der Waals surface area contributed by atoms with E-state index >= 15 is 0 Å². The van der Waals surface area contributed by atoms with Crippen LogP contribution in [0.25, 0.3) is 44.1 Å². The van der Waals surface area contributed by atoms with Crippen molar-refractivity contribution in [1.29, 1.82) is 0 Å². The monoisotopic (exact) mass is 778 g/mol. The van der Waals surface area contributed by atoms with Crippen LogP contribution in [-0.4, -0.2) is 28.0 Å². The Morgan fingerprint density at radius 3 is 2.03 bits per heavy atom. The number of para-hydroxylation sites is 1. The highest BCUT2D eigenvalue weighted by Crippen LogP contribution is 2.32. The number of nitrogens with one attached hydrogen (secondary N) is 1. The first-order chi connectivity index (χ1) is 28.1. The summed E-state index contributed by atoms with van der Waals surface area (Å²) in [5, 5.41) is 15.6. The molecule has 0 spiro atoms. The zero-order valence-electron chi connectivity index (χ0n) is 32.2. The minimum Gasteiger partial charge on any atom is -0.478 e. The Hall–Kier alpha value is -6.28. The summed E-state index contributed by atoms with van der Waals surface area (Å²) in [7, 11) is 0.